The Morgan fingerprint density at radius 2 is 1.67 bits per heavy atom. The zero-order valence-corrected chi connectivity index (χ0v) is 10.2. The lowest BCUT2D eigenvalue weighted by Crippen LogP contribution is -2.18. The van der Waals surface area contributed by atoms with Gasteiger partial charge >= 0.3 is 0 Å². The molecule has 15 heavy (non-hydrogen) atoms. The Balaban J connectivity index is 3.66. The molecular weight excluding hydrogens is 186 g/mol. The first-order valence-electron chi connectivity index (χ1n) is 6.33. The van der Waals surface area contributed by atoms with Gasteiger partial charge in [0.1, 0.15) is 0 Å². The van der Waals surface area contributed by atoms with E-state index in [1.165, 1.54) is 19.3 Å². The zero-order chi connectivity index (χ0) is 11.5. The molecule has 2 heteroatoms. The molecule has 0 aromatic heterocycles. The number of aliphatic hydroxyl groups excluding tert-OH is 1. The topological polar surface area (TPSA) is 44.0 Å². The first kappa shape index (κ1) is 14.5. The largest absolute Gasteiger partial charge is 0.392 e. The van der Waals surface area contributed by atoms with Crippen LogP contribution in [0.25, 0.3) is 0 Å². The molecule has 0 heterocycles. The van der Waals surface area contributed by atoms with Gasteiger partial charge in [-0.15, -0.1) is 0 Å². The lowest BCUT2D eigenvalue weighted by Gasteiger charge is -2.15. The van der Waals surface area contributed by atoms with Crippen molar-refractivity contribution in [1.82, 2.24) is 0 Å². The average molecular weight is 211 g/mol. The van der Waals surface area contributed by atoms with E-state index in [-0.39, 0.29) is 5.92 Å². The molecule has 2 nitrogen and oxygen atoms in total. The minimum atomic E-state index is -0.406. The zero-order valence-electron chi connectivity index (χ0n) is 10.2. The summed E-state index contributed by atoms with van der Waals surface area (Å²) in [5.41, 5.74) is 0. The lowest BCUT2D eigenvalue weighted by molar-refractivity contribution is 0.115. The fraction of sp³-hybridized carbons (Fsp3) is 0.923. The monoisotopic (exact) mass is 211 g/mol. The van der Waals surface area contributed by atoms with E-state index in [9.17, 15) is 5.11 Å². The van der Waals surface area contributed by atoms with E-state index in [4.69, 9.17) is 5.26 Å². The molecule has 0 aromatic rings. The maximum Gasteiger partial charge on any atom is 0.0722 e. The van der Waals surface area contributed by atoms with Gasteiger partial charge in [0.05, 0.1) is 18.1 Å². The Hall–Kier alpha value is -0.550. The Bertz CT molecular complexity index is 174. The molecule has 0 fully saturated rings. The molecule has 88 valence electrons. The van der Waals surface area contributed by atoms with Crippen LogP contribution in [-0.2, 0) is 0 Å². The molecule has 2 unspecified atom stereocenters. The lowest BCUT2D eigenvalue weighted by atomic mass is 9.93. The highest BCUT2D eigenvalue weighted by atomic mass is 16.3. The average Bonchev–Trinajstić information content (AvgIpc) is 2.26. The molecule has 0 aliphatic carbocycles. The van der Waals surface area contributed by atoms with Gasteiger partial charge in [-0.3, -0.25) is 0 Å². The molecule has 0 aliphatic rings. The van der Waals surface area contributed by atoms with E-state index in [0.29, 0.717) is 0 Å². The highest BCUT2D eigenvalue weighted by Gasteiger charge is 2.17. The number of nitriles is 1. The molecular formula is C13H25NO. The summed E-state index contributed by atoms with van der Waals surface area (Å²) < 4.78 is 0. The van der Waals surface area contributed by atoms with Crippen LogP contribution in [0, 0.1) is 17.2 Å². The molecule has 1 N–H and O–H groups in total. The van der Waals surface area contributed by atoms with Gasteiger partial charge in [0.15, 0.2) is 0 Å². The first-order chi connectivity index (χ1) is 7.26. The fourth-order valence-corrected chi connectivity index (χ4v) is 1.75. The second-order valence-electron chi connectivity index (χ2n) is 4.29. The van der Waals surface area contributed by atoms with Crippen LogP contribution in [-0.4, -0.2) is 11.2 Å². The molecule has 0 aromatic carbocycles. The summed E-state index contributed by atoms with van der Waals surface area (Å²) in [6, 6.07) is 2.24. The summed E-state index contributed by atoms with van der Waals surface area (Å²) in [5.74, 6) is -0.145. The molecule has 0 saturated carbocycles. The van der Waals surface area contributed by atoms with E-state index in [2.05, 4.69) is 19.9 Å². The molecule has 0 spiro atoms. The summed E-state index contributed by atoms with van der Waals surface area (Å²) in [6.07, 6.45) is 8.07. The van der Waals surface area contributed by atoms with Crippen molar-refractivity contribution in [1.29, 1.82) is 5.26 Å². The normalized spacial score (nSPS) is 14.5. The van der Waals surface area contributed by atoms with Gasteiger partial charge in [0.25, 0.3) is 0 Å². The molecule has 0 rings (SSSR count). The van der Waals surface area contributed by atoms with Gasteiger partial charge in [0.2, 0.25) is 0 Å². The van der Waals surface area contributed by atoms with E-state index in [1.54, 1.807) is 0 Å². The van der Waals surface area contributed by atoms with Crippen molar-refractivity contribution in [2.75, 3.05) is 0 Å². The standard InChI is InChI=1S/C13H25NO/c1-3-5-7-8-9-12(11-14)13(15)10-6-4-2/h12-13,15H,3-10H2,1-2H3. The maximum absolute atomic E-state index is 9.77. The van der Waals surface area contributed by atoms with Gasteiger partial charge in [-0.05, 0) is 12.8 Å². The van der Waals surface area contributed by atoms with E-state index >= 15 is 0 Å². The van der Waals surface area contributed by atoms with Crippen LogP contribution in [0.3, 0.4) is 0 Å². The van der Waals surface area contributed by atoms with Crippen LogP contribution in [0.5, 0.6) is 0 Å². The third kappa shape index (κ3) is 7.39. The quantitative estimate of drug-likeness (QED) is 0.592. The smallest absolute Gasteiger partial charge is 0.0722 e. The predicted octanol–water partition coefficient (Wildman–Crippen LogP) is 3.65. The number of aliphatic hydroxyl groups is 1. The second kappa shape index (κ2) is 9.98. The van der Waals surface area contributed by atoms with Crippen LogP contribution in [0.1, 0.15) is 65.2 Å². The number of nitrogens with zero attached hydrogens (tertiary/aromatic N) is 1. The third-order valence-corrected chi connectivity index (χ3v) is 2.85. The highest BCUT2D eigenvalue weighted by Crippen LogP contribution is 2.17. The molecule has 2 atom stereocenters. The Morgan fingerprint density at radius 3 is 2.20 bits per heavy atom. The van der Waals surface area contributed by atoms with Gasteiger partial charge in [-0.2, -0.15) is 5.26 Å². The number of rotatable bonds is 9. The SMILES string of the molecule is CCCCCCC(C#N)C(O)CCCC. The summed E-state index contributed by atoms with van der Waals surface area (Å²) >= 11 is 0. The summed E-state index contributed by atoms with van der Waals surface area (Å²) in [5, 5.41) is 18.7. The van der Waals surface area contributed by atoms with E-state index in [0.717, 1.165) is 32.1 Å². The Morgan fingerprint density at radius 1 is 1.00 bits per heavy atom. The Kier molecular flexibility index (Phi) is 9.62. The van der Waals surface area contributed by atoms with Crippen LogP contribution in [0.2, 0.25) is 0 Å². The van der Waals surface area contributed by atoms with Crippen LogP contribution < -0.4 is 0 Å². The number of unbranched alkanes of at least 4 members (excludes halogenated alkanes) is 4. The van der Waals surface area contributed by atoms with E-state index < -0.39 is 6.10 Å². The second-order valence-corrected chi connectivity index (χ2v) is 4.29. The fourth-order valence-electron chi connectivity index (χ4n) is 1.75. The molecule has 0 radical (unpaired) electrons. The summed E-state index contributed by atoms with van der Waals surface area (Å²) in [6.45, 7) is 4.28. The molecule has 0 saturated heterocycles. The van der Waals surface area contributed by atoms with Gasteiger partial charge in [0, 0.05) is 0 Å². The van der Waals surface area contributed by atoms with Gasteiger partial charge in [-0.25, -0.2) is 0 Å². The van der Waals surface area contributed by atoms with Crippen molar-refractivity contribution in [3.8, 4) is 6.07 Å². The van der Waals surface area contributed by atoms with Gasteiger partial charge in [-0.1, -0.05) is 52.4 Å². The first-order valence-corrected chi connectivity index (χ1v) is 6.33. The number of hydrogen-bond donors (Lipinski definition) is 1. The number of hydrogen-bond acceptors (Lipinski definition) is 2. The van der Waals surface area contributed by atoms with Crippen molar-refractivity contribution in [2.45, 2.75) is 71.3 Å². The predicted molar refractivity (Wildman–Crippen MR) is 63.4 cm³/mol. The van der Waals surface area contributed by atoms with Crippen molar-refractivity contribution in [3.63, 3.8) is 0 Å². The van der Waals surface area contributed by atoms with Crippen LogP contribution in [0.4, 0.5) is 0 Å². The summed E-state index contributed by atoms with van der Waals surface area (Å²) in [4.78, 5) is 0. The molecule has 0 bridgehead atoms. The molecule has 0 aliphatic heterocycles. The maximum atomic E-state index is 9.77. The van der Waals surface area contributed by atoms with Crippen molar-refractivity contribution >= 4 is 0 Å². The third-order valence-electron chi connectivity index (χ3n) is 2.85. The molecule has 0 amide bonds. The van der Waals surface area contributed by atoms with E-state index in [1.807, 2.05) is 0 Å². The van der Waals surface area contributed by atoms with Crippen molar-refractivity contribution in [2.24, 2.45) is 5.92 Å². The Labute approximate surface area is 94.3 Å². The highest BCUT2D eigenvalue weighted by molar-refractivity contribution is 4.87. The van der Waals surface area contributed by atoms with Crippen molar-refractivity contribution < 1.29 is 5.11 Å². The minimum absolute atomic E-state index is 0.145. The van der Waals surface area contributed by atoms with Crippen molar-refractivity contribution in [3.05, 3.63) is 0 Å². The summed E-state index contributed by atoms with van der Waals surface area (Å²) in [7, 11) is 0. The van der Waals surface area contributed by atoms with Crippen LogP contribution in [0.15, 0.2) is 0 Å². The minimum Gasteiger partial charge on any atom is -0.392 e. The van der Waals surface area contributed by atoms with Gasteiger partial charge < -0.3 is 5.11 Å². The van der Waals surface area contributed by atoms with Crippen LogP contribution >= 0.6 is 0 Å².